The first-order valence-corrected chi connectivity index (χ1v) is 6.37. The Morgan fingerprint density at radius 1 is 1.36 bits per heavy atom. The van der Waals surface area contributed by atoms with E-state index in [1.54, 1.807) is 0 Å². The van der Waals surface area contributed by atoms with Crippen LogP contribution >= 0.6 is 0 Å². The lowest BCUT2D eigenvalue weighted by Gasteiger charge is -2.12. The molecule has 0 fully saturated rings. The summed E-state index contributed by atoms with van der Waals surface area (Å²) >= 11 is 0. The first kappa shape index (κ1) is 13.4. The van der Waals surface area contributed by atoms with Crippen LogP contribution in [0.15, 0.2) is 0 Å². The van der Waals surface area contributed by atoms with E-state index in [-0.39, 0.29) is 0 Å². The van der Waals surface area contributed by atoms with Gasteiger partial charge in [-0.05, 0) is 26.3 Å². The number of nitrogens with two attached hydrogens (primary N) is 1. The number of urea groups is 1. The molecule has 0 aromatic carbocycles. The predicted molar refractivity (Wildman–Crippen MR) is 56.0 cm³/mol. The molecular formula is C8H19N2O3Si. The maximum Gasteiger partial charge on any atom is 0.384 e. The van der Waals surface area contributed by atoms with E-state index in [0.717, 1.165) is 12.5 Å². The lowest BCUT2D eigenvalue weighted by atomic mass is 10.5. The standard InChI is InChI=1S/C8H19N2O3Si/c1-3-12-14(13-4-2)7-5-6-10-8(9)11/h3-7H2,1-2H3,(H3,9,10,11). The van der Waals surface area contributed by atoms with Crippen LogP contribution in [0.3, 0.4) is 0 Å². The van der Waals surface area contributed by atoms with E-state index in [1.807, 2.05) is 13.8 Å². The number of primary amides is 1. The quantitative estimate of drug-likeness (QED) is 0.464. The van der Waals surface area contributed by atoms with Crippen LogP contribution in [0.2, 0.25) is 6.04 Å². The molecule has 0 saturated carbocycles. The maximum absolute atomic E-state index is 10.4. The van der Waals surface area contributed by atoms with Crippen molar-refractivity contribution < 1.29 is 13.6 Å². The molecular weight excluding hydrogens is 200 g/mol. The normalized spacial score (nSPS) is 10.5. The second-order valence-electron chi connectivity index (χ2n) is 2.63. The fraction of sp³-hybridized carbons (Fsp3) is 0.875. The van der Waals surface area contributed by atoms with Crippen molar-refractivity contribution in [2.75, 3.05) is 19.8 Å². The fourth-order valence-corrected chi connectivity index (χ4v) is 2.43. The molecule has 0 bridgehead atoms. The zero-order valence-corrected chi connectivity index (χ0v) is 9.84. The summed E-state index contributed by atoms with van der Waals surface area (Å²) in [4.78, 5) is 10.4. The third kappa shape index (κ3) is 8.03. The van der Waals surface area contributed by atoms with Crippen LogP contribution in [0.25, 0.3) is 0 Å². The van der Waals surface area contributed by atoms with Gasteiger partial charge < -0.3 is 19.9 Å². The molecule has 0 aromatic rings. The molecule has 0 aromatic heterocycles. The van der Waals surface area contributed by atoms with Gasteiger partial charge in [0.2, 0.25) is 0 Å². The number of hydrogen-bond acceptors (Lipinski definition) is 3. The van der Waals surface area contributed by atoms with Gasteiger partial charge in [-0.3, -0.25) is 0 Å². The van der Waals surface area contributed by atoms with E-state index in [1.165, 1.54) is 0 Å². The molecule has 2 amide bonds. The summed E-state index contributed by atoms with van der Waals surface area (Å²) < 4.78 is 10.9. The van der Waals surface area contributed by atoms with E-state index in [4.69, 9.17) is 14.6 Å². The minimum Gasteiger partial charge on any atom is -0.394 e. The van der Waals surface area contributed by atoms with Gasteiger partial charge in [-0.15, -0.1) is 0 Å². The molecule has 0 rings (SSSR count). The van der Waals surface area contributed by atoms with E-state index < -0.39 is 15.3 Å². The van der Waals surface area contributed by atoms with Crippen molar-refractivity contribution in [2.45, 2.75) is 26.3 Å². The Kier molecular flexibility index (Phi) is 8.60. The average molecular weight is 219 g/mol. The molecule has 0 aliphatic rings. The Morgan fingerprint density at radius 3 is 2.36 bits per heavy atom. The fourth-order valence-electron chi connectivity index (χ4n) is 0.952. The summed E-state index contributed by atoms with van der Waals surface area (Å²) in [5, 5.41) is 2.53. The zero-order valence-electron chi connectivity index (χ0n) is 8.84. The molecule has 1 radical (unpaired) electrons. The van der Waals surface area contributed by atoms with Crippen molar-refractivity contribution in [3.8, 4) is 0 Å². The van der Waals surface area contributed by atoms with Gasteiger partial charge in [-0.2, -0.15) is 0 Å². The molecule has 5 nitrogen and oxygen atoms in total. The molecule has 3 N–H and O–H groups in total. The topological polar surface area (TPSA) is 73.6 Å². The number of carbonyl (C=O) groups excluding carboxylic acids is 1. The Balaban J connectivity index is 3.44. The highest BCUT2D eigenvalue weighted by molar-refractivity contribution is 6.44. The number of rotatable bonds is 8. The minimum atomic E-state index is -1.14. The highest BCUT2D eigenvalue weighted by atomic mass is 28.3. The molecule has 0 saturated heterocycles. The van der Waals surface area contributed by atoms with E-state index >= 15 is 0 Å². The predicted octanol–water partition coefficient (Wildman–Crippen LogP) is 0.606. The number of carbonyl (C=O) groups is 1. The van der Waals surface area contributed by atoms with Gasteiger partial charge in [0, 0.05) is 19.8 Å². The maximum atomic E-state index is 10.4. The lowest BCUT2D eigenvalue weighted by molar-refractivity contribution is 0.212. The van der Waals surface area contributed by atoms with Crippen molar-refractivity contribution in [1.82, 2.24) is 5.32 Å². The van der Waals surface area contributed by atoms with E-state index in [2.05, 4.69) is 5.32 Å². The van der Waals surface area contributed by atoms with Crippen molar-refractivity contribution in [3.05, 3.63) is 0 Å². The van der Waals surface area contributed by atoms with Crippen molar-refractivity contribution >= 4 is 15.3 Å². The number of nitrogens with one attached hydrogen (secondary N) is 1. The van der Waals surface area contributed by atoms with E-state index in [0.29, 0.717) is 19.8 Å². The lowest BCUT2D eigenvalue weighted by Crippen LogP contribution is -2.31. The molecule has 6 heteroatoms. The molecule has 0 aliphatic carbocycles. The third-order valence-corrected chi connectivity index (χ3v) is 3.45. The van der Waals surface area contributed by atoms with Crippen LogP contribution in [-0.4, -0.2) is 35.1 Å². The summed E-state index contributed by atoms with van der Waals surface area (Å²) in [5.74, 6) is 0. The molecule has 0 spiro atoms. The van der Waals surface area contributed by atoms with Crippen LogP contribution in [-0.2, 0) is 8.85 Å². The molecule has 0 unspecified atom stereocenters. The molecule has 0 atom stereocenters. The van der Waals surface area contributed by atoms with Crippen LogP contribution < -0.4 is 11.1 Å². The molecule has 14 heavy (non-hydrogen) atoms. The average Bonchev–Trinajstić information content (AvgIpc) is 2.12. The van der Waals surface area contributed by atoms with Crippen molar-refractivity contribution in [2.24, 2.45) is 5.73 Å². The minimum absolute atomic E-state index is 0.480. The summed E-state index contributed by atoms with van der Waals surface area (Å²) in [6.07, 6.45) is 0.844. The number of amides is 2. The van der Waals surface area contributed by atoms with Crippen LogP contribution in [0.5, 0.6) is 0 Å². The second kappa shape index (κ2) is 8.98. The summed E-state index contributed by atoms with van der Waals surface area (Å²) in [6, 6.07) is 0.388. The highest BCUT2D eigenvalue weighted by Gasteiger charge is 2.13. The summed E-state index contributed by atoms with van der Waals surface area (Å²) in [5.41, 5.74) is 4.92. The van der Waals surface area contributed by atoms with Gasteiger partial charge in [0.15, 0.2) is 0 Å². The zero-order chi connectivity index (χ0) is 10.8. The summed E-state index contributed by atoms with van der Waals surface area (Å²) in [7, 11) is -1.14. The van der Waals surface area contributed by atoms with Gasteiger partial charge >= 0.3 is 15.3 Å². The first-order valence-electron chi connectivity index (χ1n) is 4.85. The van der Waals surface area contributed by atoms with Crippen LogP contribution in [0, 0.1) is 0 Å². The highest BCUT2D eigenvalue weighted by Crippen LogP contribution is 2.00. The Hall–Kier alpha value is -0.593. The smallest absolute Gasteiger partial charge is 0.384 e. The summed E-state index contributed by atoms with van der Waals surface area (Å²) in [6.45, 7) is 5.84. The third-order valence-electron chi connectivity index (χ3n) is 1.47. The van der Waals surface area contributed by atoms with Crippen LogP contribution in [0.1, 0.15) is 20.3 Å². The Labute approximate surface area is 86.8 Å². The van der Waals surface area contributed by atoms with Gasteiger partial charge in [0.1, 0.15) is 0 Å². The Morgan fingerprint density at radius 2 is 1.93 bits per heavy atom. The SMILES string of the molecule is CCO[Si](CCCNC(N)=O)OCC. The molecule has 0 aliphatic heterocycles. The van der Waals surface area contributed by atoms with E-state index in [9.17, 15) is 4.79 Å². The van der Waals surface area contributed by atoms with Gasteiger partial charge in [0.05, 0.1) is 0 Å². The largest absolute Gasteiger partial charge is 0.394 e. The van der Waals surface area contributed by atoms with Crippen molar-refractivity contribution in [3.63, 3.8) is 0 Å². The van der Waals surface area contributed by atoms with Gasteiger partial charge in [0.25, 0.3) is 0 Å². The van der Waals surface area contributed by atoms with Crippen LogP contribution in [0.4, 0.5) is 4.79 Å². The van der Waals surface area contributed by atoms with Gasteiger partial charge in [-0.1, -0.05) is 0 Å². The molecule has 0 heterocycles. The second-order valence-corrected chi connectivity index (χ2v) is 4.45. The molecule has 83 valence electrons. The monoisotopic (exact) mass is 219 g/mol. The first-order chi connectivity index (χ1) is 6.70. The van der Waals surface area contributed by atoms with Crippen molar-refractivity contribution in [1.29, 1.82) is 0 Å². The van der Waals surface area contributed by atoms with Gasteiger partial charge in [-0.25, -0.2) is 4.79 Å². The Bertz CT molecular complexity index is 152. The number of hydrogen-bond donors (Lipinski definition) is 2.